The summed E-state index contributed by atoms with van der Waals surface area (Å²) in [5.74, 6) is 0.972. The van der Waals surface area contributed by atoms with Crippen molar-refractivity contribution in [1.82, 2.24) is 10.2 Å². The lowest BCUT2D eigenvalue weighted by atomic mass is 9.91. The van der Waals surface area contributed by atoms with Crippen molar-refractivity contribution < 1.29 is 19.1 Å². The fraction of sp³-hybridized carbons (Fsp3) is 0.250. The Morgan fingerprint density at radius 3 is 2.60 bits per heavy atom. The summed E-state index contributed by atoms with van der Waals surface area (Å²) < 4.78 is 11.4. The van der Waals surface area contributed by atoms with Gasteiger partial charge in [0, 0.05) is 6.42 Å². The fourth-order valence-electron chi connectivity index (χ4n) is 4.11. The van der Waals surface area contributed by atoms with Crippen LogP contribution in [0.2, 0.25) is 0 Å². The predicted octanol–water partition coefficient (Wildman–Crippen LogP) is 3.97. The van der Waals surface area contributed by atoms with Gasteiger partial charge in [0.1, 0.15) is 5.54 Å². The zero-order valence-corrected chi connectivity index (χ0v) is 16.7. The number of carbonyl (C=O) groups is 2. The smallest absolute Gasteiger partial charge is 0.325 e. The number of ether oxygens (including phenoxy) is 2. The van der Waals surface area contributed by atoms with Gasteiger partial charge in [-0.25, -0.2) is 4.79 Å². The minimum atomic E-state index is -1.16. The van der Waals surface area contributed by atoms with Crippen LogP contribution >= 0.6 is 0 Å². The van der Waals surface area contributed by atoms with Crippen LogP contribution in [0.1, 0.15) is 24.5 Å². The van der Waals surface area contributed by atoms with Crippen LogP contribution < -0.4 is 14.8 Å². The van der Waals surface area contributed by atoms with E-state index in [2.05, 4.69) is 5.32 Å². The first-order valence-electron chi connectivity index (χ1n) is 10.1. The van der Waals surface area contributed by atoms with Crippen LogP contribution in [0.5, 0.6) is 11.5 Å². The second-order valence-electron chi connectivity index (χ2n) is 7.80. The molecule has 5 rings (SSSR count). The van der Waals surface area contributed by atoms with Crippen molar-refractivity contribution in [3.63, 3.8) is 0 Å². The molecular weight excluding hydrogens is 380 g/mol. The number of nitrogens with one attached hydrogen (secondary N) is 1. The van der Waals surface area contributed by atoms with Crippen LogP contribution in [0.15, 0.2) is 60.7 Å². The van der Waals surface area contributed by atoms with E-state index >= 15 is 0 Å². The van der Waals surface area contributed by atoms with Gasteiger partial charge in [0.05, 0.1) is 19.8 Å². The Balaban J connectivity index is 1.47. The molecule has 1 atom stereocenters. The molecule has 2 aliphatic heterocycles. The number of carbonyl (C=O) groups excluding carboxylic acids is 2. The molecule has 152 valence electrons. The molecule has 2 heterocycles. The molecule has 1 fully saturated rings. The molecule has 30 heavy (non-hydrogen) atoms. The summed E-state index contributed by atoms with van der Waals surface area (Å²) in [4.78, 5) is 27.5. The van der Waals surface area contributed by atoms with Crippen molar-refractivity contribution in [2.45, 2.75) is 25.4 Å². The topological polar surface area (TPSA) is 67.9 Å². The minimum absolute atomic E-state index is 0.214. The largest absolute Gasteiger partial charge is 0.490 e. The molecule has 6 heteroatoms. The van der Waals surface area contributed by atoms with E-state index in [1.54, 1.807) is 19.1 Å². The summed E-state index contributed by atoms with van der Waals surface area (Å²) in [6.07, 6.45) is 0.801. The van der Waals surface area contributed by atoms with Crippen LogP contribution in [-0.2, 0) is 16.9 Å². The second kappa shape index (κ2) is 7.06. The van der Waals surface area contributed by atoms with Gasteiger partial charge in [-0.05, 0) is 41.0 Å². The molecule has 3 amide bonds. The first-order chi connectivity index (χ1) is 14.6. The van der Waals surface area contributed by atoms with Crippen molar-refractivity contribution in [3.8, 4) is 11.5 Å². The Hall–Kier alpha value is -3.54. The average Bonchev–Trinajstić information content (AvgIpc) is 2.93. The molecule has 0 aliphatic carbocycles. The average molecular weight is 402 g/mol. The summed E-state index contributed by atoms with van der Waals surface area (Å²) in [7, 11) is 0. The molecule has 0 unspecified atom stereocenters. The number of hydrogen-bond donors (Lipinski definition) is 1. The van der Waals surface area contributed by atoms with Crippen molar-refractivity contribution in [2.24, 2.45) is 0 Å². The molecule has 3 aromatic rings. The third kappa shape index (κ3) is 2.96. The van der Waals surface area contributed by atoms with Gasteiger partial charge in [0.25, 0.3) is 5.91 Å². The predicted molar refractivity (Wildman–Crippen MR) is 112 cm³/mol. The Bertz CT molecular complexity index is 1150. The number of benzene rings is 3. The summed E-state index contributed by atoms with van der Waals surface area (Å²) in [5.41, 5.74) is 0.442. The van der Waals surface area contributed by atoms with E-state index in [1.807, 2.05) is 48.5 Å². The van der Waals surface area contributed by atoms with E-state index in [4.69, 9.17) is 9.47 Å². The van der Waals surface area contributed by atoms with E-state index in [0.29, 0.717) is 30.3 Å². The van der Waals surface area contributed by atoms with E-state index in [-0.39, 0.29) is 12.5 Å². The highest BCUT2D eigenvalue weighted by Gasteiger charge is 2.49. The monoisotopic (exact) mass is 402 g/mol. The number of rotatable bonds is 3. The molecule has 0 radical (unpaired) electrons. The Morgan fingerprint density at radius 1 is 0.967 bits per heavy atom. The third-order valence-electron chi connectivity index (χ3n) is 5.81. The number of urea groups is 1. The van der Waals surface area contributed by atoms with Gasteiger partial charge < -0.3 is 14.8 Å². The molecule has 6 nitrogen and oxygen atoms in total. The molecule has 0 aromatic heterocycles. The molecule has 0 bridgehead atoms. The molecular formula is C24H22N2O4. The molecule has 1 N–H and O–H groups in total. The van der Waals surface area contributed by atoms with Crippen LogP contribution in [0, 0.1) is 0 Å². The summed E-state index contributed by atoms with van der Waals surface area (Å²) in [5, 5.41) is 4.99. The van der Waals surface area contributed by atoms with Gasteiger partial charge >= 0.3 is 6.03 Å². The van der Waals surface area contributed by atoms with Crippen molar-refractivity contribution in [3.05, 3.63) is 71.8 Å². The number of amides is 3. The Labute approximate surface area is 174 Å². The first-order valence-corrected chi connectivity index (χ1v) is 10.1. The zero-order chi connectivity index (χ0) is 20.7. The summed E-state index contributed by atoms with van der Waals surface area (Å²) >= 11 is 0. The second-order valence-corrected chi connectivity index (χ2v) is 7.80. The van der Waals surface area contributed by atoms with Crippen molar-refractivity contribution >= 4 is 22.7 Å². The highest BCUT2D eigenvalue weighted by Crippen LogP contribution is 2.37. The molecule has 1 saturated heterocycles. The van der Waals surface area contributed by atoms with Gasteiger partial charge in [0.2, 0.25) is 0 Å². The minimum Gasteiger partial charge on any atom is -0.490 e. The lowest BCUT2D eigenvalue weighted by Crippen LogP contribution is -2.40. The van der Waals surface area contributed by atoms with Gasteiger partial charge in [-0.15, -0.1) is 0 Å². The van der Waals surface area contributed by atoms with E-state index in [1.165, 1.54) is 4.90 Å². The van der Waals surface area contributed by atoms with Gasteiger partial charge in [-0.2, -0.15) is 0 Å². The highest BCUT2D eigenvalue weighted by molar-refractivity contribution is 6.07. The lowest BCUT2D eigenvalue weighted by molar-refractivity contribution is -0.131. The quantitative estimate of drug-likeness (QED) is 0.673. The number of fused-ring (bicyclic) bond motifs is 2. The standard InChI is InChI=1S/C24H22N2O4/c1-24(18-10-11-20-21(14-18)30-13-5-12-29-20)22(27)26(23(28)25-24)15-17-8-4-7-16-6-2-3-9-19(16)17/h2-4,6-11,14H,5,12-13,15H2,1H3,(H,25,28)/t24-/m1/s1. The maximum absolute atomic E-state index is 13.4. The first kappa shape index (κ1) is 18.5. The molecule has 3 aromatic carbocycles. The van der Waals surface area contributed by atoms with Gasteiger partial charge in [-0.1, -0.05) is 48.5 Å². The number of nitrogens with zero attached hydrogens (tertiary/aromatic N) is 1. The molecule has 2 aliphatic rings. The van der Waals surface area contributed by atoms with Gasteiger partial charge in [0.15, 0.2) is 11.5 Å². The fourth-order valence-corrected chi connectivity index (χ4v) is 4.11. The van der Waals surface area contributed by atoms with E-state index in [9.17, 15) is 9.59 Å². The maximum Gasteiger partial charge on any atom is 0.325 e. The van der Waals surface area contributed by atoms with Gasteiger partial charge in [-0.3, -0.25) is 9.69 Å². The van der Waals surface area contributed by atoms with Crippen molar-refractivity contribution in [1.29, 1.82) is 0 Å². The normalized spacial score (nSPS) is 20.9. The van der Waals surface area contributed by atoms with Crippen LogP contribution in [0.3, 0.4) is 0 Å². The summed E-state index contributed by atoms with van der Waals surface area (Å²) in [6.45, 7) is 3.10. The number of imide groups is 1. The summed E-state index contributed by atoms with van der Waals surface area (Å²) in [6, 6.07) is 18.9. The SMILES string of the molecule is C[C@]1(c2ccc3c(c2)OCCCO3)NC(=O)N(Cc2cccc3ccccc23)C1=O. The highest BCUT2D eigenvalue weighted by atomic mass is 16.5. The molecule has 0 spiro atoms. The van der Waals surface area contributed by atoms with E-state index in [0.717, 1.165) is 22.8 Å². The Morgan fingerprint density at radius 2 is 1.73 bits per heavy atom. The van der Waals surface area contributed by atoms with Crippen LogP contribution in [-0.4, -0.2) is 30.1 Å². The van der Waals surface area contributed by atoms with Crippen LogP contribution in [0.25, 0.3) is 10.8 Å². The number of hydrogen-bond acceptors (Lipinski definition) is 4. The third-order valence-corrected chi connectivity index (χ3v) is 5.81. The zero-order valence-electron chi connectivity index (χ0n) is 16.7. The lowest BCUT2D eigenvalue weighted by Gasteiger charge is -2.23. The molecule has 0 saturated carbocycles. The Kier molecular flexibility index (Phi) is 4.35. The van der Waals surface area contributed by atoms with Crippen molar-refractivity contribution in [2.75, 3.05) is 13.2 Å². The van der Waals surface area contributed by atoms with E-state index < -0.39 is 11.6 Å². The maximum atomic E-state index is 13.4. The van der Waals surface area contributed by atoms with Crippen LogP contribution in [0.4, 0.5) is 4.79 Å².